The molecule has 1 aliphatic rings. The summed E-state index contributed by atoms with van der Waals surface area (Å²) in [5.74, 6) is 0.484. The van der Waals surface area contributed by atoms with Crippen molar-refractivity contribution in [1.29, 1.82) is 0 Å². The SMILES string of the molecule is O=C(CCCOc1ccccc1Br)N[C@@H]1CS(=O)(=O)c2ccccc21. The fourth-order valence-corrected chi connectivity index (χ4v) is 4.95. The van der Waals surface area contributed by atoms with E-state index in [0.29, 0.717) is 23.5 Å². The van der Waals surface area contributed by atoms with Crippen LogP contribution in [0, 0.1) is 0 Å². The van der Waals surface area contributed by atoms with Crippen molar-refractivity contribution in [3.63, 3.8) is 0 Å². The molecular weight excluding hydrogens is 406 g/mol. The minimum Gasteiger partial charge on any atom is -0.492 e. The number of halogens is 1. The van der Waals surface area contributed by atoms with Crippen molar-refractivity contribution in [3.8, 4) is 5.75 Å². The number of hydrogen-bond donors (Lipinski definition) is 1. The highest BCUT2D eigenvalue weighted by atomic mass is 79.9. The van der Waals surface area contributed by atoms with Gasteiger partial charge in [0.1, 0.15) is 5.75 Å². The maximum atomic E-state index is 12.1. The zero-order chi connectivity index (χ0) is 17.9. The van der Waals surface area contributed by atoms with Crippen molar-refractivity contribution < 1.29 is 17.9 Å². The monoisotopic (exact) mass is 423 g/mol. The second-order valence-corrected chi connectivity index (χ2v) is 8.68. The van der Waals surface area contributed by atoms with E-state index in [4.69, 9.17) is 4.74 Å². The Balaban J connectivity index is 1.50. The largest absolute Gasteiger partial charge is 0.492 e. The van der Waals surface area contributed by atoms with Crippen LogP contribution in [0.5, 0.6) is 5.75 Å². The lowest BCUT2D eigenvalue weighted by atomic mass is 10.1. The molecule has 3 rings (SSSR count). The summed E-state index contributed by atoms with van der Waals surface area (Å²) in [6.45, 7) is 0.412. The van der Waals surface area contributed by atoms with Gasteiger partial charge >= 0.3 is 0 Å². The number of nitrogens with one attached hydrogen (secondary N) is 1. The molecule has 5 nitrogen and oxygen atoms in total. The number of sulfone groups is 1. The molecule has 0 radical (unpaired) electrons. The molecule has 2 aromatic carbocycles. The van der Waals surface area contributed by atoms with E-state index >= 15 is 0 Å². The molecule has 0 bridgehead atoms. The predicted molar refractivity (Wildman–Crippen MR) is 98.2 cm³/mol. The Kier molecular flexibility index (Phi) is 5.44. The number of para-hydroxylation sites is 1. The number of benzene rings is 2. The van der Waals surface area contributed by atoms with Crippen molar-refractivity contribution in [2.75, 3.05) is 12.4 Å². The average molecular weight is 424 g/mol. The summed E-state index contributed by atoms with van der Waals surface area (Å²) in [6.07, 6.45) is 0.831. The van der Waals surface area contributed by atoms with E-state index in [-0.39, 0.29) is 18.1 Å². The van der Waals surface area contributed by atoms with Gasteiger partial charge in [-0.05, 0) is 46.1 Å². The summed E-state index contributed by atoms with van der Waals surface area (Å²) in [6, 6.07) is 13.9. The minimum absolute atomic E-state index is 0.0778. The first-order chi connectivity index (χ1) is 12.0. The number of ether oxygens (including phenoxy) is 1. The van der Waals surface area contributed by atoms with Crippen LogP contribution in [0.3, 0.4) is 0 Å². The van der Waals surface area contributed by atoms with Gasteiger partial charge in [0.15, 0.2) is 9.84 Å². The van der Waals surface area contributed by atoms with Gasteiger partial charge in [0.05, 0.1) is 27.8 Å². The Labute approximate surface area is 155 Å². The van der Waals surface area contributed by atoms with Crippen LogP contribution in [0.1, 0.15) is 24.4 Å². The lowest BCUT2D eigenvalue weighted by Crippen LogP contribution is -2.29. The summed E-state index contributed by atoms with van der Waals surface area (Å²) in [5.41, 5.74) is 0.667. The molecule has 25 heavy (non-hydrogen) atoms. The minimum atomic E-state index is -3.31. The third-order valence-electron chi connectivity index (χ3n) is 3.99. The molecule has 0 aliphatic carbocycles. The predicted octanol–water partition coefficient (Wildman–Crippen LogP) is 3.25. The first kappa shape index (κ1) is 17.9. The van der Waals surface area contributed by atoms with Crippen LogP contribution in [-0.2, 0) is 14.6 Å². The maximum Gasteiger partial charge on any atom is 0.220 e. The lowest BCUT2D eigenvalue weighted by Gasteiger charge is -2.13. The molecular formula is C18H18BrNO4S. The van der Waals surface area contributed by atoms with Gasteiger partial charge in [-0.2, -0.15) is 0 Å². The standard InChI is InChI=1S/C18H18BrNO4S/c19-14-7-2-3-8-16(14)24-11-5-10-18(21)20-15-12-25(22,23)17-9-4-1-6-13(15)17/h1-4,6-9,15H,5,10-12H2,(H,20,21)/t15-/m1/s1. The molecule has 132 valence electrons. The smallest absolute Gasteiger partial charge is 0.220 e. The summed E-state index contributed by atoms with van der Waals surface area (Å²) in [4.78, 5) is 12.4. The van der Waals surface area contributed by atoms with Crippen molar-refractivity contribution in [1.82, 2.24) is 5.32 Å². The van der Waals surface area contributed by atoms with Crippen LogP contribution >= 0.6 is 15.9 Å². The summed E-state index contributed by atoms with van der Waals surface area (Å²) in [5, 5.41) is 2.82. The van der Waals surface area contributed by atoms with E-state index in [0.717, 1.165) is 10.2 Å². The maximum absolute atomic E-state index is 12.1. The number of fused-ring (bicyclic) bond motifs is 1. The number of amides is 1. The van der Waals surface area contributed by atoms with Gasteiger partial charge in [0, 0.05) is 6.42 Å². The molecule has 0 unspecified atom stereocenters. The highest BCUT2D eigenvalue weighted by Crippen LogP contribution is 2.33. The fourth-order valence-electron chi connectivity index (χ4n) is 2.81. The van der Waals surface area contributed by atoms with E-state index in [1.165, 1.54) is 0 Å². The average Bonchev–Trinajstić information content (AvgIpc) is 2.84. The molecule has 7 heteroatoms. The van der Waals surface area contributed by atoms with E-state index in [2.05, 4.69) is 21.2 Å². The normalized spacial score (nSPS) is 17.7. The molecule has 1 aliphatic heterocycles. The van der Waals surface area contributed by atoms with E-state index < -0.39 is 15.9 Å². The second-order valence-electron chi connectivity index (χ2n) is 5.82. The zero-order valence-electron chi connectivity index (χ0n) is 13.4. The van der Waals surface area contributed by atoms with Crippen LogP contribution in [0.2, 0.25) is 0 Å². The van der Waals surface area contributed by atoms with Crippen LogP contribution in [0.4, 0.5) is 0 Å². The topological polar surface area (TPSA) is 72.5 Å². The Morgan fingerprint density at radius 2 is 1.88 bits per heavy atom. The molecule has 2 aromatic rings. The quantitative estimate of drug-likeness (QED) is 0.723. The van der Waals surface area contributed by atoms with Gasteiger partial charge in [-0.1, -0.05) is 30.3 Å². The van der Waals surface area contributed by atoms with Crippen molar-refractivity contribution in [2.45, 2.75) is 23.8 Å². The Hall–Kier alpha value is -1.86. The van der Waals surface area contributed by atoms with Crippen LogP contribution in [0.25, 0.3) is 0 Å². The van der Waals surface area contributed by atoms with Crippen LogP contribution in [0.15, 0.2) is 57.9 Å². The van der Waals surface area contributed by atoms with Gasteiger partial charge in [-0.3, -0.25) is 4.79 Å². The summed E-state index contributed by atoms with van der Waals surface area (Å²) < 4.78 is 30.7. The third kappa shape index (κ3) is 4.22. The van der Waals surface area contributed by atoms with Gasteiger partial charge < -0.3 is 10.1 Å². The molecule has 0 saturated carbocycles. The highest BCUT2D eigenvalue weighted by Gasteiger charge is 2.34. The molecule has 1 atom stereocenters. The molecule has 0 fully saturated rings. The number of carbonyl (C=O) groups excluding carboxylic acids is 1. The third-order valence-corrected chi connectivity index (χ3v) is 6.46. The van der Waals surface area contributed by atoms with E-state index in [1.807, 2.05) is 24.3 Å². The van der Waals surface area contributed by atoms with Crippen LogP contribution in [-0.4, -0.2) is 26.7 Å². The molecule has 0 spiro atoms. The van der Waals surface area contributed by atoms with Crippen molar-refractivity contribution >= 4 is 31.7 Å². The second kappa shape index (κ2) is 7.58. The van der Waals surface area contributed by atoms with E-state index in [9.17, 15) is 13.2 Å². The number of carbonyl (C=O) groups is 1. The molecule has 1 amide bonds. The fraction of sp³-hybridized carbons (Fsp3) is 0.278. The lowest BCUT2D eigenvalue weighted by molar-refractivity contribution is -0.121. The number of rotatable bonds is 6. The number of hydrogen-bond acceptors (Lipinski definition) is 4. The Morgan fingerprint density at radius 3 is 2.68 bits per heavy atom. The summed E-state index contributed by atoms with van der Waals surface area (Å²) >= 11 is 3.40. The first-order valence-corrected chi connectivity index (χ1v) is 10.4. The first-order valence-electron chi connectivity index (χ1n) is 7.96. The molecule has 0 saturated heterocycles. The highest BCUT2D eigenvalue weighted by molar-refractivity contribution is 9.10. The van der Waals surface area contributed by atoms with Gasteiger partial charge in [0.2, 0.25) is 5.91 Å². The van der Waals surface area contributed by atoms with Gasteiger partial charge in [0.25, 0.3) is 0 Å². The molecule has 1 N–H and O–H groups in total. The van der Waals surface area contributed by atoms with Crippen molar-refractivity contribution in [3.05, 3.63) is 58.6 Å². The van der Waals surface area contributed by atoms with Gasteiger partial charge in [-0.25, -0.2) is 8.42 Å². The zero-order valence-corrected chi connectivity index (χ0v) is 15.8. The van der Waals surface area contributed by atoms with E-state index in [1.54, 1.807) is 24.3 Å². The Bertz CT molecular complexity index is 882. The molecule has 0 aromatic heterocycles. The van der Waals surface area contributed by atoms with Crippen LogP contribution < -0.4 is 10.1 Å². The van der Waals surface area contributed by atoms with Crippen molar-refractivity contribution in [2.24, 2.45) is 0 Å². The summed E-state index contributed by atoms with van der Waals surface area (Å²) in [7, 11) is -3.31. The van der Waals surface area contributed by atoms with Gasteiger partial charge in [-0.15, -0.1) is 0 Å². The molecule has 1 heterocycles. The Morgan fingerprint density at radius 1 is 1.16 bits per heavy atom.